The Balaban J connectivity index is 4.37. The van der Waals surface area contributed by atoms with Crippen molar-refractivity contribution in [2.45, 2.75) is 12.4 Å². The summed E-state index contributed by atoms with van der Waals surface area (Å²) < 4.78 is 57.8. The summed E-state index contributed by atoms with van der Waals surface area (Å²) in [4.78, 5) is 10.1. The van der Waals surface area contributed by atoms with Gasteiger partial charge in [-0.1, -0.05) is 0 Å². The summed E-state index contributed by atoms with van der Waals surface area (Å²) in [6, 6.07) is 0. The molecule has 0 aromatic carbocycles. The maximum atomic E-state index is 11.5. The van der Waals surface area contributed by atoms with Crippen molar-refractivity contribution >= 4 is 15.9 Å². The van der Waals surface area contributed by atoms with E-state index in [1.165, 1.54) is 0 Å². The van der Waals surface area contributed by atoms with Gasteiger partial charge < -0.3 is 0 Å². The molecule has 0 aliphatic rings. The quantitative estimate of drug-likeness (QED) is 0.496. The van der Waals surface area contributed by atoms with Crippen LogP contribution in [0.15, 0.2) is 0 Å². The number of rotatable bonds is 3. The third kappa shape index (κ3) is 3.18. The predicted octanol–water partition coefficient (Wildman–Crippen LogP) is 0.442. The molecule has 0 amide bonds. The standard InChI is InChI=1S/C4H5F3O4S/c1-3(8)2-11-12(9,10)4(5,6)7/h2H2,1H3. The summed E-state index contributed by atoms with van der Waals surface area (Å²) in [7, 11) is -5.61. The van der Waals surface area contributed by atoms with Gasteiger partial charge in [-0.25, -0.2) is 0 Å². The Morgan fingerprint density at radius 3 is 2.08 bits per heavy atom. The molecule has 0 aliphatic heterocycles. The molecule has 0 aliphatic carbocycles. The monoisotopic (exact) mass is 206 g/mol. The second kappa shape index (κ2) is 3.40. The minimum Gasteiger partial charge on any atom is -0.297 e. The van der Waals surface area contributed by atoms with Gasteiger partial charge in [0.25, 0.3) is 0 Å². The Hall–Kier alpha value is -0.630. The minimum atomic E-state index is -5.61. The number of carbonyl (C=O) groups excluding carboxylic acids is 1. The van der Waals surface area contributed by atoms with E-state index < -0.39 is 28.0 Å². The molecule has 4 nitrogen and oxygen atoms in total. The topological polar surface area (TPSA) is 60.4 Å². The molecule has 0 radical (unpaired) electrons. The summed E-state index contributed by atoms with van der Waals surface area (Å²) in [5.41, 5.74) is -5.47. The van der Waals surface area contributed by atoms with Crippen molar-refractivity contribution in [3.63, 3.8) is 0 Å². The molecule has 0 saturated heterocycles. The van der Waals surface area contributed by atoms with Gasteiger partial charge in [-0.2, -0.15) is 21.6 Å². The van der Waals surface area contributed by atoms with Crippen molar-refractivity contribution in [1.82, 2.24) is 0 Å². The zero-order valence-electron chi connectivity index (χ0n) is 5.88. The molecule has 72 valence electrons. The van der Waals surface area contributed by atoms with Crippen LogP contribution >= 0.6 is 0 Å². The van der Waals surface area contributed by atoms with E-state index in [2.05, 4.69) is 4.18 Å². The molecule has 0 aromatic rings. The highest BCUT2D eigenvalue weighted by Gasteiger charge is 2.47. The number of ketones is 1. The van der Waals surface area contributed by atoms with E-state index in [0.717, 1.165) is 6.92 Å². The van der Waals surface area contributed by atoms with Gasteiger partial charge in [0, 0.05) is 0 Å². The van der Waals surface area contributed by atoms with Crippen LogP contribution in [0.2, 0.25) is 0 Å². The molecule has 0 fully saturated rings. The molecular weight excluding hydrogens is 201 g/mol. The Bertz CT molecular complexity index is 265. The lowest BCUT2D eigenvalue weighted by molar-refractivity contribution is -0.119. The maximum absolute atomic E-state index is 11.5. The van der Waals surface area contributed by atoms with Gasteiger partial charge in [0.15, 0.2) is 5.78 Å². The van der Waals surface area contributed by atoms with Crippen molar-refractivity contribution in [2.24, 2.45) is 0 Å². The van der Waals surface area contributed by atoms with Gasteiger partial charge in [0.2, 0.25) is 0 Å². The Labute approximate surface area is 66.4 Å². The first-order chi connectivity index (χ1) is 5.17. The Kier molecular flexibility index (Phi) is 3.22. The third-order valence-electron chi connectivity index (χ3n) is 0.701. The average molecular weight is 206 g/mol. The lowest BCUT2D eigenvalue weighted by Crippen LogP contribution is -2.27. The second-order valence-electron chi connectivity index (χ2n) is 1.86. The number of Topliss-reactive ketones (excluding diaryl/α,β-unsaturated/α-hetero) is 1. The summed E-state index contributed by atoms with van der Waals surface area (Å²) in [5, 5.41) is 0. The van der Waals surface area contributed by atoms with Crippen molar-refractivity contribution in [2.75, 3.05) is 6.61 Å². The molecule has 0 aromatic heterocycles. The van der Waals surface area contributed by atoms with E-state index in [9.17, 15) is 26.4 Å². The predicted molar refractivity (Wildman–Crippen MR) is 31.6 cm³/mol. The first-order valence-corrected chi connectivity index (χ1v) is 4.03. The second-order valence-corrected chi connectivity index (χ2v) is 3.47. The van der Waals surface area contributed by atoms with Crippen LogP contribution in [-0.4, -0.2) is 26.3 Å². The van der Waals surface area contributed by atoms with Gasteiger partial charge in [-0.05, 0) is 6.92 Å². The fraction of sp³-hybridized carbons (Fsp3) is 0.750. The summed E-state index contributed by atoms with van der Waals surface area (Å²) in [6.07, 6.45) is 0. The van der Waals surface area contributed by atoms with Crippen LogP contribution in [0, 0.1) is 0 Å². The number of hydrogen-bond donors (Lipinski definition) is 0. The molecule has 0 N–H and O–H groups in total. The van der Waals surface area contributed by atoms with E-state index in [4.69, 9.17) is 0 Å². The number of alkyl halides is 3. The molecule has 12 heavy (non-hydrogen) atoms. The molecule has 0 unspecified atom stereocenters. The lowest BCUT2D eigenvalue weighted by atomic mass is 10.5. The first kappa shape index (κ1) is 11.4. The molecule has 0 rings (SSSR count). The van der Waals surface area contributed by atoms with Crippen LogP contribution in [-0.2, 0) is 19.1 Å². The van der Waals surface area contributed by atoms with Crippen LogP contribution in [0.3, 0.4) is 0 Å². The highest BCUT2D eigenvalue weighted by atomic mass is 32.2. The van der Waals surface area contributed by atoms with Crippen LogP contribution in [0.25, 0.3) is 0 Å². The number of halogens is 3. The van der Waals surface area contributed by atoms with Crippen LogP contribution in [0.5, 0.6) is 0 Å². The first-order valence-electron chi connectivity index (χ1n) is 2.62. The van der Waals surface area contributed by atoms with Gasteiger partial charge >= 0.3 is 15.6 Å². The molecule has 0 heterocycles. The largest absolute Gasteiger partial charge is 0.523 e. The van der Waals surface area contributed by atoms with E-state index in [1.54, 1.807) is 0 Å². The molecule has 0 saturated carbocycles. The Morgan fingerprint density at radius 2 is 1.83 bits per heavy atom. The third-order valence-corrected chi connectivity index (χ3v) is 1.70. The van der Waals surface area contributed by atoms with Crippen molar-refractivity contribution in [3.8, 4) is 0 Å². The van der Waals surface area contributed by atoms with Crippen molar-refractivity contribution in [1.29, 1.82) is 0 Å². The van der Waals surface area contributed by atoms with E-state index in [-0.39, 0.29) is 0 Å². The summed E-state index contributed by atoms with van der Waals surface area (Å²) in [5.74, 6) is -0.803. The van der Waals surface area contributed by atoms with Crippen LogP contribution in [0.1, 0.15) is 6.92 Å². The zero-order chi connectivity index (χ0) is 9.99. The van der Waals surface area contributed by atoms with Crippen molar-refractivity contribution in [3.05, 3.63) is 0 Å². The smallest absolute Gasteiger partial charge is 0.297 e. The minimum absolute atomic E-state index is 0.803. The zero-order valence-corrected chi connectivity index (χ0v) is 6.70. The molecular formula is C4H5F3O4S. The van der Waals surface area contributed by atoms with Gasteiger partial charge in [-0.15, -0.1) is 0 Å². The number of carbonyl (C=O) groups is 1. The molecule has 0 bridgehead atoms. The van der Waals surface area contributed by atoms with E-state index in [1.807, 2.05) is 0 Å². The normalized spacial score (nSPS) is 13.0. The fourth-order valence-corrected chi connectivity index (χ4v) is 0.682. The maximum Gasteiger partial charge on any atom is 0.523 e. The lowest BCUT2D eigenvalue weighted by Gasteiger charge is -2.05. The summed E-state index contributed by atoms with van der Waals surface area (Å²) >= 11 is 0. The van der Waals surface area contributed by atoms with Crippen molar-refractivity contribution < 1.29 is 30.6 Å². The van der Waals surface area contributed by atoms with Gasteiger partial charge in [0.05, 0.1) is 0 Å². The Morgan fingerprint density at radius 1 is 1.42 bits per heavy atom. The van der Waals surface area contributed by atoms with Crippen LogP contribution < -0.4 is 0 Å². The summed E-state index contributed by atoms with van der Waals surface area (Å²) in [6.45, 7) is -0.187. The molecule has 0 atom stereocenters. The van der Waals surface area contributed by atoms with E-state index >= 15 is 0 Å². The number of hydrogen-bond acceptors (Lipinski definition) is 4. The fourth-order valence-electron chi connectivity index (χ4n) is 0.227. The van der Waals surface area contributed by atoms with Gasteiger partial charge in [0.1, 0.15) is 6.61 Å². The highest BCUT2D eigenvalue weighted by molar-refractivity contribution is 7.87. The van der Waals surface area contributed by atoms with Crippen LogP contribution in [0.4, 0.5) is 13.2 Å². The highest BCUT2D eigenvalue weighted by Crippen LogP contribution is 2.24. The SMILES string of the molecule is CC(=O)COS(=O)(=O)C(F)(F)F. The molecule has 8 heteroatoms. The van der Waals surface area contributed by atoms with Gasteiger partial charge in [-0.3, -0.25) is 8.98 Å². The van der Waals surface area contributed by atoms with E-state index in [0.29, 0.717) is 0 Å². The average Bonchev–Trinajstić information content (AvgIpc) is 1.81. The molecule has 0 spiro atoms.